The van der Waals surface area contributed by atoms with Crippen LogP contribution in [0.1, 0.15) is 29.2 Å². The Morgan fingerprint density at radius 2 is 1.91 bits per heavy atom. The topological polar surface area (TPSA) is 79.5 Å². The van der Waals surface area contributed by atoms with E-state index in [0.29, 0.717) is 25.5 Å². The largest absolute Gasteiger partial charge is 0.384 e. The highest BCUT2D eigenvalue weighted by Gasteiger charge is 2.34. The summed E-state index contributed by atoms with van der Waals surface area (Å²) in [4.78, 5) is 6.40. The molecule has 0 amide bonds. The van der Waals surface area contributed by atoms with Crippen LogP contribution in [-0.4, -0.2) is 37.8 Å². The number of hydrogen-bond donors (Lipinski definition) is 1. The van der Waals surface area contributed by atoms with Crippen LogP contribution in [-0.2, 0) is 16.6 Å². The van der Waals surface area contributed by atoms with Crippen molar-refractivity contribution in [2.24, 2.45) is 0 Å². The molecule has 8 heteroatoms. The summed E-state index contributed by atoms with van der Waals surface area (Å²) in [5.41, 5.74) is 9.74. The smallest absolute Gasteiger partial charge is 0.244 e. The van der Waals surface area contributed by atoms with Crippen LogP contribution in [0.25, 0.3) is 0 Å². The molecule has 3 aromatic rings. The lowest BCUT2D eigenvalue weighted by Gasteiger charge is -2.21. The molecule has 32 heavy (non-hydrogen) atoms. The molecule has 2 aromatic carbocycles. The van der Waals surface area contributed by atoms with Crippen LogP contribution >= 0.6 is 11.6 Å². The van der Waals surface area contributed by atoms with E-state index in [0.717, 1.165) is 17.8 Å². The van der Waals surface area contributed by atoms with Gasteiger partial charge in [-0.1, -0.05) is 47.5 Å². The summed E-state index contributed by atoms with van der Waals surface area (Å²) in [6.45, 7) is 3.52. The van der Waals surface area contributed by atoms with E-state index in [9.17, 15) is 8.42 Å². The van der Waals surface area contributed by atoms with E-state index in [1.807, 2.05) is 31.0 Å². The molecule has 1 aliphatic heterocycles. The number of aromatic nitrogens is 1. The van der Waals surface area contributed by atoms with Crippen molar-refractivity contribution in [2.75, 3.05) is 30.8 Å². The number of halogens is 1. The molecule has 1 aliphatic rings. The van der Waals surface area contributed by atoms with Gasteiger partial charge >= 0.3 is 0 Å². The summed E-state index contributed by atoms with van der Waals surface area (Å²) in [6.07, 6.45) is 0.800. The van der Waals surface area contributed by atoms with Crippen LogP contribution in [0.2, 0.25) is 5.02 Å². The second-order valence-electron chi connectivity index (χ2n) is 8.28. The molecule has 1 aromatic heterocycles. The van der Waals surface area contributed by atoms with Gasteiger partial charge in [-0.25, -0.2) is 13.4 Å². The molecule has 4 rings (SSSR count). The van der Waals surface area contributed by atoms with E-state index < -0.39 is 10.0 Å². The maximum atomic E-state index is 13.3. The van der Waals surface area contributed by atoms with Crippen molar-refractivity contribution in [3.8, 4) is 0 Å². The zero-order chi connectivity index (χ0) is 22.9. The van der Waals surface area contributed by atoms with E-state index in [1.54, 1.807) is 28.6 Å². The maximum absolute atomic E-state index is 13.3. The van der Waals surface area contributed by atoms with Gasteiger partial charge in [0.15, 0.2) is 0 Å². The zero-order valence-corrected chi connectivity index (χ0v) is 19.8. The predicted molar refractivity (Wildman–Crippen MR) is 130 cm³/mol. The zero-order valence-electron chi connectivity index (χ0n) is 18.2. The van der Waals surface area contributed by atoms with Crippen molar-refractivity contribution >= 4 is 33.1 Å². The van der Waals surface area contributed by atoms with E-state index >= 15 is 0 Å². The Labute approximate surface area is 194 Å². The van der Waals surface area contributed by atoms with Gasteiger partial charge in [0, 0.05) is 25.8 Å². The molecule has 1 fully saturated rings. The minimum atomic E-state index is -3.67. The van der Waals surface area contributed by atoms with Gasteiger partial charge in [0.1, 0.15) is 10.7 Å². The Morgan fingerprint density at radius 1 is 1.16 bits per heavy atom. The van der Waals surface area contributed by atoms with E-state index in [2.05, 4.69) is 29.2 Å². The molecular formula is C24H27ClN4O2S. The fraction of sp³-hybridized carbons (Fsp3) is 0.292. The molecule has 2 N–H and O–H groups in total. The summed E-state index contributed by atoms with van der Waals surface area (Å²) >= 11 is 6.47. The lowest BCUT2D eigenvalue weighted by atomic mass is 9.98. The molecular weight excluding hydrogens is 444 g/mol. The number of nitrogen functional groups attached to an aromatic ring is 1. The van der Waals surface area contributed by atoms with Gasteiger partial charge in [0.25, 0.3) is 0 Å². The second-order valence-corrected chi connectivity index (χ2v) is 10.6. The Hall–Kier alpha value is -2.61. The van der Waals surface area contributed by atoms with Gasteiger partial charge < -0.3 is 10.6 Å². The van der Waals surface area contributed by atoms with Crippen molar-refractivity contribution in [1.29, 1.82) is 0 Å². The molecule has 1 saturated heterocycles. The standard InChI is InChI=1S/C24H27ClN4O2S/c1-17-6-8-18(9-7-17)19-12-13-29(15-19)32(30,31)23-11-10-21(14-22(23)25)28(2)16-20-4-3-5-24(26)27-20/h3-11,14,19H,12-13,15-16H2,1-2H3,(H2,26,27). The number of anilines is 2. The number of hydrogen-bond acceptors (Lipinski definition) is 5. The molecule has 0 aliphatic carbocycles. The number of nitrogens with zero attached hydrogens (tertiary/aromatic N) is 3. The van der Waals surface area contributed by atoms with Crippen LogP contribution in [0, 0.1) is 6.92 Å². The molecule has 1 atom stereocenters. The highest BCUT2D eigenvalue weighted by atomic mass is 35.5. The minimum absolute atomic E-state index is 0.142. The van der Waals surface area contributed by atoms with Crippen molar-refractivity contribution in [2.45, 2.75) is 30.7 Å². The summed E-state index contributed by atoms with van der Waals surface area (Å²) in [5.74, 6) is 0.658. The number of sulfonamides is 1. The van der Waals surface area contributed by atoms with Crippen LogP contribution in [0.15, 0.2) is 65.6 Å². The fourth-order valence-electron chi connectivity index (χ4n) is 4.05. The average Bonchev–Trinajstić information content (AvgIpc) is 3.25. The minimum Gasteiger partial charge on any atom is -0.384 e. The fourth-order valence-corrected chi connectivity index (χ4v) is 6.07. The third-order valence-corrected chi connectivity index (χ3v) is 8.25. The monoisotopic (exact) mass is 470 g/mol. The van der Waals surface area contributed by atoms with Crippen molar-refractivity contribution in [3.63, 3.8) is 0 Å². The first-order chi connectivity index (χ1) is 15.2. The maximum Gasteiger partial charge on any atom is 0.244 e. The van der Waals surface area contributed by atoms with Gasteiger partial charge in [-0.2, -0.15) is 4.31 Å². The van der Waals surface area contributed by atoms with Crippen molar-refractivity contribution in [3.05, 3.63) is 82.5 Å². The molecule has 6 nitrogen and oxygen atoms in total. The van der Waals surface area contributed by atoms with Gasteiger partial charge in [0.2, 0.25) is 10.0 Å². The van der Waals surface area contributed by atoms with Gasteiger partial charge in [0.05, 0.1) is 17.3 Å². The molecule has 1 unspecified atom stereocenters. The quantitative estimate of drug-likeness (QED) is 0.576. The summed E-state index contributed by atoms with van der Waals surface area (Å²) in [5, 5.41) is 0.216. The van der Waals surface area contributed by atoms with E-state index in [4.69, 9.17) is 17.3 Å². The molecule has 168 valence electrons. The third-order valence-electron chi connectivity index (χ3n) is 5.90. The van der Waals surface area contributed by atoms with Crippen molar-refractivity contribution in [1.82, 2.24) is 9.29 Å². The Balaban J connectivity index is 1.50. The molecule has 0 saturated carbocycles. The first kappa shape index (κ1) is 22.6. The summed E-state index contributed by atoms with van der Waals surface area (Å²) < 4.78 is 28.1. The molecule has 2 heterocycles. The molecule has 0 spiro atoms. The summed E-state index contributed by atoms with van der Waals surface area (Å²) in [6, 6.07) is 18.9. The average molecular weight is 471 g/mol. The van der Waals surface area contributed by atoms with Crippen molar-refractivity contribution < 1.29 is 8.42 Å². The SMILES string of the molecule is Cc1ccc(C2CCN(S(=O)(=O)c3ccc(N(C)Cc4cccc(N)n4)cc3Cl)C2)cc1. The Morgan fingerprint density at radius 3 is 2.59 bits per heavy atom. The first-order valence-electron chi connectivity index (χ1n) is 10.5. The van der Waals surface area contributed by atoms with Crippen LogP contribution in [0.4, 0.5) is 11.5 Å². The van der Waals surface area contributed by atoms with Crippen LogP contribution < -0.4 is 10.6 Å². The number of nitrogens with two attached hydrogens (primary N) is 1. The lowest BCUT2D eigenvalue weighted by Crippen LogP contribution is -2.29. The number of aryl methyl sites for hydroxylation is 1. The first-order valence-corrected chi connectivity index (χ1v) is 12.3. The highest BCUT2D eigenvalue weighted by Crippen LogP contribution is 2.34. The normalized spacial score (nSPS) is 16.9. The van der Waals surface area contributed by atoms with Gasteiger partial charge in [-0.3, -0.25) is 0 Å². The Kier molecular flexibility index (Phi) is 6.42. The van der Waals surface area contributed by atoms with Gasteiger partial charge in [-0.05, 0) is 55.2 Å². The summed E-state index contributed by atoms with van der Waals surface area (Å²) in [7, 11) is -1.77. The van der Waals surface area contributed by atoms with E-state index in [1.165, 1.54) is 11.1 Å². The second kappa shape index (κ2) is 9.10. The van der Waals surface area contributed by atoms with Crippen LogP contribution in [0.5, 0.6) is 0 Å². The molecule has 0 radical (unpaired) electrons. The number of benzene rings is 2. The van der Waals surface area contributed by atoms with Crippen LogP contribution in [0.3, 0.4) is 0 Å². The highest BCUT2D eigenvalue weighted by molar-refractivity contribution is 7.89. The molecule has 0 bridgehead atoms. The van der Waals surface area contributed by atoms with Gasteiger partial charge in [-0.15, -0.1) is 0 Å². The Bertz CT molecular complexity index is 1210. The third kappa shape index (κ3) is 4.75. The number of rotatable bonds is 6. The number of pyridine rings is 1. The van der Waals surface area contributed by atoms with E-state index in [-0.39, 0.29) is 15.8 Å². The lowest BCUT2D eigenvalue weighted by molar-refractivity contribution is 0.473. The predicted octanol–water partition coefficient (Wildman–Crippen LogP) is 4.44.